The number of nitrogens with one attached hydrogen (secondary N) is 1. The fourth-order valence-corrected chi connectivity index (χ4v) is 4.96. The normalized spacial score (nSPS) is 11.7. The Hall–Kier alpha value is -3.01. The summed E-state index contributed by atoms with van der Waals surface area (Å²) < 4.78 is 2.06. The maximum atomic E-state index is 12.6. The number of benzene rings is 1. The lowest BCUT2D eigenvalue weighted by molar-refractivity contribution is -0.130. The van der Waals surface area contributed by atoms with Gasteiger partial charge in [-0.15, -0.1) is 0 Å². The molecule has 1 amide bonds. The zero-order valence-corrected chi connectivity index (χ0v) is 25.3. The highest BCUT2D eigenvalue weighted by atomic mass is 16.2. The van der Waals surface area contributed by atoms with Gasteiger partial charge in [0.25, 0.3) is 0 Å². The first kappa shape index (κ1) is 31.5. The van der Waals surface area contributed by atoms with Gasteiger partial charge in [0.05, 0.1) is 19.6 Å². The van der Waals surface area contributed by atoms with Crippen molar-refractivity contribution in [3.8, 4) is 0 Å². The summed E-state index contributed by atoms with van der Waals surface area (Å²) in [6, 6.07) is 8.83. The summed E-state index contributed by atoms with van der Waals surface area (Å²) in [6.45, 7) is 12.4. The van der Waals surface area contributed by atoms with Crippen LogP contribution in [0.25, 0.3) is 0 Å². The van der Waals surface area contributed by atoms with Gasteiger partial charge in [0, 0.05) is 59.0 Å². The molecule has 40 heavy (non-hydrogen) atoms. The molecule has 2 heterocycles. The average Bonchev–Trinajstić information content (AvgIpc) is 3.59. The van der Waals surface area contributed by atoms with E-state index < -0.39 is 0 Å². The van der Waals surface area contributed by atoms with Crippen molar-refractivity contribution in [1.29, 1.82) is 0 Å². The minimum atomic E-state index is 0.151. The van der Waals surface area contributed by atoms with Crippen molar-refractivity contribution < 1.29 is 4.79 Å². The highest BCUT2D eigenvalue weighted by Gasteiger charge is 2.15. The van der Waals surface area contributed by atoms with Crippen molar-refractivity contribution in [2.75, 3.05) is 46.8 Å². The van der Waals surface area contributed by atoms with Crippen LogP contribution in [0.3, 0.4) is 0 Å². The molecule has 220 valence electrons. The fraction of sp³-hybridized carbons (Fsp3) is 0.581. The summed E-state index contributed by atoms with van der Waals surface area (Å²) in [6.07, 6.45) is 12.1. The van der Waals surface area contributed by atoms with Crippen molar-refractivity contribution in [2.24, 2.45) is 7.05 Å². The van der Waals surface area contributed by atoms with E-state index in [9.17, 15) is 4.79 Å². The third-order valence-electron chi connectivity index (χ3n) is 7.19. The van der Waals surface area contributed by atoms with E-state index in [0.29, 0.717) is 6.54 Å². The van der Waals surface area contributed by atoms with Crippen molar-refractivity contribution in [1.82, 2.24) is 39.1 Å². The maximum Gasteiger partial charge on any atom is 0.236 e. The van der Waals surface area contributed by atoms with Crippen LogP contribution in [0.5, 0.6) is 0 Å². The summed E-state index contributed by atoms with van der Waals surface area (Å²) in [5.41, 5.74) is 2.47. The number of aromatic amines is 1. The van der Waals surface area contributed by atoms with Crippen LogP contribution in [-0.4, -0.2) is 91.8 Å². The Balaban J connectivity index is 1.60. The number of hydrogen-bond donors (Lipinski definition) is 1. The molecule has 9 nitrogen and oxygen atoms in total. The first-order valence-corrected chi connectivity index (χ1v) is 14.8. The Morgan fingerprint density at radius 2 is 1.43 bits per heavy atom. The molecule has 0 spiro atoms. The van der Waals surface area contributed by atoms with Crippen LogP contribution in [-0.2, 0) is 38.0 Å². The Morgan fingerprint density at radius 1 is 0.800 bits per heavy atom. The molecule has 0 aliphatic rings. The Bertz CT molecular complexity index is 1090. The zero-order valence-electron chi connectivity index (χ0n) is 25.3. The predicted octanol–water partition coefficient (Wildman–Crippen LogP) is 4.14. The van der Waals surface area contributed by atoms with E-state index in [1.165, 1.54) is 37.1 Å². The lowest BCUT2D eigenvalue weighted by atomic mass is 10.1. The van der Waals surface area contributed by atoms with Crippen LogP contribution in [0.2, 0.25) is 0 Å². The minimum Gasteiger partial charge on any atom is -0.348 e. The van der Waals surface area contributed by atoms with E-state index in [1.54, 1.807) is 11.1 Å². The number of hydrogen-bond acceptors (Lipinski definition) is 6. The molecule has 0 bridgehead atoms. The molecule has 3 rings (SSSR count). The second kappa shape index (κ2) is 16.9. The molecule has 0 saturated heterocycles. The second-order valence-corrected chi connectivity index (χ2v) is 11.0. The largest absolute Gasteiger partial charge is 0.348 e. The molecule has 0 fully saturated rings. The van der Waals surface area contributed by atoms with Crippen molar-refractivity contribution >= 4 is 5.91 Å². The standard InChI is InChI=1S/C31H50N8O/c1-6-17-37(18-7-2)19-8-9-20-38(26-31(40)35(3)4)22-27-10-12-28(13-11-27)23-39(24-29-32-14-15-33-29)25-30-34-16-21-36(30)5/h10-16,21H,6-9,17-20,22-26H2,1-5H3,(H,32,33). The number of carbonyl (C=O) groups excluding carboxylic acids is 1. The van der Waals surface area contributed by atoms with Gasteiger partial charge in [-0.2, -0.15) is 0 Å². The molecule has 0 atom stereocenters. The Kier molecular flexibility index (Phi) is 13.4. The summed E-state index contributed by atoms with van der Waals surface area (Å²) in [5.74, 6) is 2.12. The first-order chi connectivity index (χ1) is 19.4. The van der Waals surface area contributed by atoms with Crippen LogP contribution >= 0.6 is 0 Å². The van der Waals surface area contributed by atoms with Crippen molar-refractivity contribution in [3.63, 3.8) is 0 Å². The lowest BCUT2D eigenvalue weighted by Gasteiger charge is -2.25. The summed E-state index contributed by atoms with van der Waals surface area (Å²) in [7, 11) is 5.70. The highest BCUT2D eigenvalue weighted by molar-refractivity contribution is 5.77. The van der Waals surface area contributed by atoms with E-state index in [1.807, 2.05) is 39.7 Å². The molecular weight excluding hydrogens is 500 g/mol. The SMILES string of the molecule is CCCN(CCC)CCCCN(CC(=O)N(C)C)Cc1ccc(CN(Cc2ncc[nH]2)Cc2nccn2C)cc1. The Morgan fingerprint density at radius 3 is 1.95 bits per heavy atom. The van der Waals surface area contributed by atoms with Crippen LogP contribution in [0, 0.1) is 0 Å². The smallest absolute Gasteiger partial charge is 0.236 e. The van der Waals surface area contributed by atoms with E-state index in [-0.39, 0.29) is 5.91 Å². The van der Waals surface area contributed by atoms with Crippen molar-refractivity contribution in [2.45, 2.75) is 65.7 Å². The van der Waals surface area contributed by atoms with Crippen LogP contribution in [0.1, 0.15) is 62.3 Å². The number of nitrogens with zero attached hydrogens (tertiary/aromatic N) is 7. The molecule has 0 radical (unpaired) electrons. The van der Waals surface area contributed by atoms with Crippen LogP contribution in [0.4, 0.5) is 0 Å². The zero-order chi connectivity index (χ0) is 28.7. The molecule has 1 N–H and O–H groups in total. The number of aromatic nitrogens is 4. The predicted molar refractivity (Wildman–Crippen MR) is 161 cm³/mol. The number of amides is 1. The fourth-order valence-electron chi connectivity index (χ4n) is 4.96. The van der Waals surface area contributed by atoms with Gasteiger partial charge >= 0.3 is 0 Å². The van der Waals surface area contributed by atoms with E-state index in [4.69, 9.17) is 0 Å². The average molecular weight is 551 g/mol. The molecule has 1 aromatic carbocycles. The lowest BCUT2D eigenvalue weighted by Crippen LogP contribution is -2.37. The quantitative estimate of drug-likeness (QED) is 0.226. The first-order valence-electron chi connectivity index (χ1n) is 14.8. The number of aryl methyl sites for hydroxylation is 1. The maximum absolute atomic E-state index is 12.6. The van der Waals surface area contributed by atoms with E-state index >= 15 is 0 Å². The molecule has 3 aromatic rings. The third-order valence-corrected chi connectivity index (χ3v) is 7.19. The number of likely N-dealkylation sites (N-methyl/N-ethyl adjacent to an activating group) is 1. The summed E-state index contributed by atoms with van der Waals surface area (Å²) in [4.78, 5) is 33.6. The number of unbranched alkanes of at least 4 members (excludes halogenated alkanes) is 1. The summed E-state index contributed by atoms with van der Waals surface area (Å²) >= 11 is 0. The van der Waals surface area contributed by atoms with Gasteiger partial charge in [0.1, 0.15) is 11.6 Å². The topological polar surface area (TPSA) is 76.5 Å². The van der Waals surface area contributed by atoms with E-state index in [0.717, 1.165) is 63.8 Å². The molecule has 0 saturated carbocycles. The van der Waals surface area contributed by atoms with Gasteiger partial charge < -0.3 is 19.4 Å². The Labute approximate surface area is 241 Å². The van der Waals surface area contributed by atoms with Crippen LogP contribution < -0.4 is 0 Å². The number of imidazole rings is 2. The monoisotopic (exact) mass is 550 g/mol. The molecule has 9 heteroatoms. The van der Waals surface area contributed by atoms with E-state index in [2.05, 4.69) is 72.3 Å². The van der Waals surface area contributed by atoms with Crippen molar-refractivity contribution in [3.05, 3.63) is 71.8 Å². The second-order valence-electron chi connectivity index (χ2n) is 11.0. The number of rotatable bonds is 19. The highest BCUT2D eigenvalue weighted by Crippen LogP contribution is 2.14. The third kappa shape index (κ3) is 10.9. The molecular formula is C31H50N8O. The minimum absolute atomic E-state index is 0.151. The molecule has 0 aliphatic carbocycles. The van der Waals surface area contributed by atoms with Gasteiger partial charge in [0.2, 0.25) is 5.91 Å². The van der Waals surface area contributed by atoms with Crippen LogP contribution in [0.15, 0.2) is 49.1 Å². The molecule has 0 unspecified atom stereocenters. The van der Waals surface area contributed by atoms with Gasteiger partial charge in [-0.05, 0) is 63.0 Å². The molecule has 2 aromatic heterocycles. The van der Waals surface area contributed by atoms with Gasteiger partial charge in [0.15, 0.2) is 0 Å². The van der Waals surface area contributed by atoms with Gasteiger partial charge in [-0.25, -0.2) is 9.97 Å². The van der Waals surface area contributed by atoms with Gasteiger partial charge in [-0.3, -0.25) is 14.6 Å². The summed E-state index contributed by atoms with van der Waals surface area (Å²) in [5, 5.41) is 0. The number of H-pyrrole nitrogens is 1. The van der Waals surface area contributed by atoms with Gasteiger partial charge in [-0.1, -0.05) is 38.1 Å². The molecule has 0 aliphatic heterocycles. The number of carbonyl (C=O) groups is 1.